The van der Waals surface area contributed by atoms with E-state index in [4.69, 9.17) is 17.0 Å². The molecule has 1 amide bonds. The number of benzene rings is 1. The molecule has 1 saturated heterocycles. The molecule has 1 fully saturated rings. The zero-order valence-corrected chi connectivity index (χ0v) is 11.6. The van der Waals surface area contributed by atoms with Crippen LogP contribution in [0.3, 0.4) is 0 Å². The van der Waals surface area contributed by atoms with Crippen molar-refractivity contribution in [3.63, 3.8) is 0 Å². The summed E-state index contributed by atoms with van der Waals surface area (Å²) in [5.74, 6) is -1.22. The number of halogens is 1. The SMILES string of the molecule is CCOC(=O)CC1NC(=S)N(c2ccc(F)cc2)C1=O. The van der Waals surface area contributed by atoms with Gasteiger partial charge in [0.15, 0.2) is 5.11 Å². The Morgan fingerprint density at radius 1 is 1.45 bits per heavy atom. The van der Waals surface area contributed by atoms with E-state index in [2.05, 4.69) is 5.32 Å². The number of nitrogens with zero attached hydrogens (tertiary/aromatic N) is 1. The van der Waals surface area contributed by atoms with Crippen molar-refractivity contribution in [2.75, 3.05) is 11.5 Å². The quantitative estimate of drug-likeness (QED) is 0.672. The second-order valence-electron chi connectivity index (χ2n) is 4.16. The van der Waals surface area contributed by atoms with Crippen LogP contribution in [-0.2, 0) is 14.3 Å². The lowest BCUT2D eigenvalue weighted by molar-refractivity contribution is -0.144. The minimum Gasteiger partial charge on any atom is -0.466 e. The highest BCUT2D eigenvalue weighted by molar-refractivity contribution is 7.80. The number of hydrogen-bond donors (Lipinski definition) is 1. The lowest BCUT2D eigenvalue weighted by atomic mass is 10.2. The number of anilines is 1. The van der Waals surface area contributed by atoms with Crippen molar-refractivity contribution < 1.29 is 18.7 Å². The molecule has 1 N–H and O–H groups in total. The van der Waals surface area contributed by atoms with Gasteiger partial charge in [-0.3, -0.25) is 14.5 Å². The number of carbonyl (C=O) groups is 2. The molecule has 5 nitrogen and oxygen atoms in total. The Balaban J connectivity index is 2.13. The van der Waals surface area contributed by atoms with Gasteiger partial charge in [0.05, 0.1) is 18.7 Å². The van der Waals surface area contributed by atoms with E-state index in [0.29, 0.717) is 5.69 Å². The van der Waals surface area contributed by atoms with Gasteiger partial charge in [-0.05, 0) is 43.4 Å². The fraction of sp³-hybridized carbons (Fsp3) is 0.308. The second kappa shape index (κ2) is 5.96. The van der Waals surface area contributed by atoms with Crippen molar-refractivity contribution in [1.82, 2.24) is 5.32 Å². The van der Waals surface area contributed by atoms with Gasteiger partial charge in [0.25, 0.3) is 5.91 Å². The van der Waals surface area contributed by atoms with Gasteiger partial charge in [-0.2, -0.15) is 0 Å². The first-order valence-electron chi connectivity index (χ1n) is 6.08. The number of rotatable bonds is 4. The molecule has 1 atom stereocenters. The molecule has 0 bridgehead atoms. The average Bonchev–Trinajstić information content (AvgIpc) is 2.66. The van der Waals surface area contributed by atoms with Crippen molar-refractivity contribution in [3.8, 4) is 0 Å². The maximum Gasteiger partial charge on any atom is 0.308 e. The monoisotopic (exact) mass is 296 g/mol. The van der Waals surface area contributed by atoms with Gasteiger partial charge in [-0.25, -0.2) is 4.39 Å². The summed E-state index contributed by atoms with van der Waals surface area (Å²) in [5, 5.41) is 2.96. The lowest BCUT2D eigenvalue weighted by Crippen LogP contribution is -2.33. The van der Waals surface area contributed by atoms with Crippen LogP contribution < -0.4 is 10.2 Å². The van der Waals surface area contributed by atoms with Gasteiger partial charge < -0.3 is 10.1 Å². The summed E-state index contributed by atoms with van der Waals surface area (Å²) in [6.07, 6.45) is -0.0927. The number of nitrogens with one attached hydrogen (secondary N) is 1. The molecule has 0 saturated carbocycles. The summed E-state index contributed by atoms with van der Waals surface area (Å²) in [5.41, 5.74) is 0.459. The Labute approximate surface area is 120 Å². The van der Waals surface area contributed by atoms with Crippen molar-refractivity contribution in [1.29, 1.82) is 0 Å². The van der Waals surface area contributed by atoms with Crippen LogP contribution in [0.15, 0.2) is 24.3 Å². The molecule has 2 rings (SSSR count). The Kier molecular flexibility index (Phi) is 4.29. The van der Waals surface area contributed by atoms with E-state index in [1.165, 1.54) is 29.2 Å². The maximum atomic E-state index is 12.9. The summed E-state index contributed by atoms with van der Waals surface area (Å²) in [6, 6.07) is 4.64. The highest BCUT2D eigenvalue weighted by atomic mass is 32.1. The van der Waals surface area contributed by atoms with Gasteiger partial charge in [0.2, 0.25) is 0 Å². The predicted octanol–water partition coefficient (Wildman–Crippen LogP) is 1.37. The van der Waals surface area contributed by atoms with E-state index in [1.54, 1.807) is 6.92 Å². The standard InChI is InChI=1S/C13H13FN2O3S/c1-2-19-11(17)7-10-12(18)16(13(20)15-10)9-5-3-8(14)4-6-9/h3-6,10H,2,7H2,1H3,(H,15,20). The van der Waals surface area contributed by atoms with Crippen LogP contribution in [0.25, 0.3) is 0 Å². The Morgan fingerprint density at radius 3 is 2.70 bits per heavy atom. The second-order valence-corrected chi connectivity index (χ2v) is 4.55. The average molecular weight is 296 g/mol. The minimum atomic E-state index is -0.744. The van der Waals surface area contributed by atoms with Crippen LogP contribution in [-0.4, -0.2) is 29.6 Å². The summed E-state index contributed by atoms with van der Waals surface area (Å²) in [6.45, 7) is 1.95. The van der Waals surface area contributed by atoms with Gasteiger partial charge >= 0.3 is 5.97 Å². The van der Waals surface area contributed by atoms with Crippen LogP contribution in [0.5, 0.6) is 0 Å². The topological polar surface area (TPSA) is 58.6 Å². The van der Waals surface area contributed by atoms with E-state index in [0.717, 1.165) is 0 Å². The molecule has 1 aromatic rings. The molecule has 106 valence electrons. The Hall–Kier alpha value is -2.02. The number of carbonyl (C=O) groups excluding carboxylic acids is 2. The molecule has 0 aliphatic carbocycles. The van der Waals surface area contributed by atoms with E-state index in [-0.39, 0.29) is 24.0 Å². The molecule has 1 aliphatic heterocycles. The molecular weight excluding hydrogens is 283 g/mol. The van der Waals surface area contributed by atoms with Crippen molar-refractivity contribution >= 4 is 34.9 Å². The van der Waals surface area contributed by atoms with Crippen LogP contribution in [0, 0.1) is 5.82 Å². The summed E-state index contributed by atoms with van der Waals surface area (Å²) in [7, 11) is 0. The van der Waals surface area contributed by atoms with E-state index in [1.807, 2.05) is 0 Å². The first kappa shape index (κ1) is 14.4. The van der Waals surface area contributed by atoms with E-state index < -0.39 is 17.8 Å². The summed E-state index contributed by atoms with van der Waals surface area (Å²) in [4.78, 5) is 24.9. The van der Waals surface area contributed by atoms with Gasteiger partial charge in [-0.15, -0.1) is 0 Å². The zero-order chi connectivity index (χ0) is 14.7. The third-order valence-electron chi connectivity index (χ3n) is 2.78. The molecule has 1 aromatic carbocycles. The van der Waals surface area contributed by atoms with Gasteiger partial charge in [0, 0.05) is 0 Å². The highest BCUT2D eigenvalue weighted by Gasteiger charge is 2.37. The largest absolute Gasteiger partial charge is 0.466 e. The molecule has 1 aliphatic rings. The predicted molar refractivity (Wildman–Crippen MR) is 74.7 cm³/mol. The molecule has 0 radical (unpaired) electrons. The molecule has 20 heavy (non-hydrogen) atoms. The first-order chi connectivity index (χ1) is 9.52. The smallest absolute Gasteiger partial charge is 0.308 e. The minimum absolute atomic E-state index is 0.0927. The normalized spacial score (nSPS) is 18.1. The fourth-order valence-electron chi connectivity index (χ4n) is 1.89. The molecular formula is C13H13FN2O3S. The van der Waals surface area contributed by atoms with Crippen LogP contribution >= 0.6 is 12.2 Å². The third-order valence-corrected chi connectivity index (χ3v) is 3.08. The number of amides is 1. The van der Waals surface area contributed by atoms with E-state index in [9.17, 15) is 14.0 Å². The molecule has 1 unspecified atom stereocenters. The molecule has 0 spiro atoms. The Bertz CT molecular complexity index is 547. The van der Waals surface area contributed by atoms with Crippen LogP contribution in [0.2, 0.25) is 0 Å². The molecule has 0 aromatic heterocycles. The Morgan fingerprint density at radius 2 is 2.10 bits per heavy atom. The van der Waals surface area contributed by atoms with Crippen molar-refractivity contribution in [3.05, 3.63) is 30.1 Å². The van der Waals surface area contributed by atoms with Crippen LogP contribution in [0.1, 0.15) is 13.3 Å². The first-order valence-corrected chi connectivity index (χ1v) is 6.49. The number of thiocarbonyl (C=S) groups is 1. The number of esters is 1. The molecule has 7 heteroatoms. The van der Waals surface area contributed by atoms with Gasteiger partial charge in [0.1, 0.15) is 11.9 Å². The lowest BCUT2D eigenvalue weighted by Gasteiger charge is -2.14. The van der Waals surface area contributed by atoms with Crippen molar-refractivity contribution in [2.45, 2.75) is 19.4 Å². The van der Waals surface area contributed by atoms with Crippen molar-refractivity contribution in [2.24, 2.45) is 0 Å². The van der Waals surface area contributed by atoms with Crippen LogP contribution in [0.4, 0.5) is 10.1 Å². The molecule has 1 heterocycles. The van der Waals surface area contributed by atoms with Gasteiger partial charge in [-0.1, -0.05) is 0 Å². The fourth-order valence-corrected chi connectivity index (χ4v) is 2.23. The summed E-state index contributed by atoms with van der Waals surface area (Å²) >= 11 is 5.08. The number of hydrogen-bond acceptors (Lipinski definition) is 4. The maximum absolute atomic E-state index is 12.9. The number of ether oxygens (including phenoxy) is 1. The van der Waals surface area contributed by atoms with E-state index >= 15 is 0 Å². The summed E-state index contributed by atoms with van der Waals surface area (Å²) < 4.78 is 17.7. The highest BCUT2D eigenvalue weighted by Crippen LogP contribution is 2.21. The zero-order valence-electron chi connectivity index (χ0n) is 10.8. The third kappa shape index (κ3) is 2.93.